The number of allylic oxidation sites excluding steroid dienone is 2. The number of halogens is 1. The number of Topliss-reactive ketones (excluding diaryl/α,β-unsaturated/α-hetero) is 1. The first-order valence-electron chi connectivity index (χ1n) is 10.6. The molecular formula is C26H25ClN2O2. The van der Waals surface area contributed by atoms with Crippen LogP contribution in [0, 0.1) is 17.2 Å². The van der Waals surface area contributed by atoms with Gasteiger partial charge in [0.1, 0.15) is 5.75 Å². The summed E-state index contributed by atoms with van der Waals surface area (Å²) in [5.41, 5.74) is 4.17. The van der Waals surface area contributed by atoms with Crippen molar-refractivity contribution in [2.45, 2.75) is 51.6 Å². The standard InChI is InChI=1S/C26H25ClN2O2/c1-15(2)31-24-7-5-4-6-20(24)25-21(14-28)16(3)29-22-12-18(13-23(30)26(22)25)17-8-10-19(27)11-9-17/h4-11,15,18,21,25H,12-13H2,1-3H3/t18-,21?,25-/m0/s1. The zero-order chi connectivity index (χ0) is 22.1. The monoisotopic (exact) mass is 432 g/mol. The Labute approximate surface area is 188 Å². The van der Waals surface area contributed by atoms with Gasteiger partial charge in [0.2, 0.25) is 0 Å². The molecule has 4 nitrogen and oxygen atoms in total. The minimum absolute atomic E-state index is 0.00941. The van der Waals surface area contributed by atoms with E-state index >= 15 is 0 Å². The van der Waals surface area contributed by atoms with Crippen LogP contribution >= 0.6 is 11.6 Å². The topological polar surface area (TPSA) is 62.4 Å². The van der Waals surface area contributed by atoms with Crippen LogP contribution in [-0.4, -0.2) is 17.6 Å². The van der Waals surface area contributed by atoms with E-state index in [1.54, 1.807) is 0 Å². The molecular weight excluding hydrogens is 408 g/mol. The molecule has 0 fully saturated rings. The average Bonchev–Trinajstić information content (AvgIpc) is 2.73. The van der Waals surface area contributed by atoms with Crippen LogP contribution in [0.4, 0.5) is 0 Å². The summed E-state index contributed by atoms with van der Waals surface area (Å²) in [4.78, 5) is 18.2. The van der Waals surface area contributed by atoms with Gasteiger partial charge in [-0.05, 0) is 56.9 Å². The minimum atomic E-state index is -0.494. The Morgan fingerprint density at radius 3 is 2.52 bits per heavy atom. The molecule has 0 saturated carbocycles. The number of benzene rings is 2. The number of aliphatic imine (C=N–C) groups is 1. The van der Waals surface area contributed by atoms with Crippen molar-refractivity contribution in [1.82, 2.24) is 0 Å². The van der Waals surface area contributed by atoms with Crippen LogP contribution < -0.4 is 4.74 Å². The average molecular weight is 433 g/mol. The fourth-order valence-electron chi connectivity index (χ4n) is 4.63. The molecule has 5 heteroatoms. The molecule has 0 bridgehead atoms. The predicted molar refractivity (Wildman–Crippen MR) is 123 cm³/mol. The molecule has 4 rings (SSSR count). The van der Waals surface area contributed by atoms with Crippen LogP contribution in [0.1, 0.15) is 56.6 Å². The Balaban J connectivity index is 1.80. The number of ether oxygens (including phenoxy) is 1. The van der Waals surface area contributed by atoms with E-state index in [0.29, 0.717) is 23.4 Å². The van der Waals surface area contributed by atoms with Gasteiger partial charge in [-0.3, -0.25) is 9.79 Å². The summed E-state index contributed by atoms with van der Waals surface area (Å²) in [6, 6.07) is 17.8. The van der Waals surface area contributed by atoms with Gasteiger partial charge in [0.05, 0.1) is 18.1 Å². The molecule has 3 atom stereocenters. The van der Waals surface area contributed by atoms with Gasteiger partial charge in [0.25, 0.3) is 0 Å². The molecule has 0 aromatic heterocycles. The lowest BCUT2D eigenvalue weighted by Gasteiger charge is -2.35. The van der Waals surface area contributed by atoms with E-state index in [1.807, 2.05) is 69.3 Å². The number of ketones is 1. The summed E-state index contributed by atoms with van der Waals surface area (Å²) in [7, 11) is 0. The van der Waals surface area contributed by atoms with E-state index in [4.69, 9.17) is 21.3 Å². The lowest BCUT2D eigenvalue weighted by molar-refractivity contribution is -0.116. The summed E-state index contributed by atoms with van der Waals surface area (Å²) in [6.45, 7) is 5.82. The second-order valence-corrected chi connectivity index (χ2v) is 8.92. The van der Waals surface area contributed by atoms with Gasteiger partial charge in [0.15, 0.2) is 5.78 Å². The highest BCUT2D eigenvalue weighted by atomic mass is 35.5. The SMILES string of the molecule is CC1=NC2=C(C(=O)C[C@@H](c3ccc(Cl)cc3)C2)[C@@H](c2ccccc2OC(C)C)C1C#N. The zero-order valence-electron chi connectivity index (χ0n) is 17.9. The minimum Gasteiger partial charge on any atom is -0.491 e. The third-order valence-corrected chi connectivity index (χ3v) is 6.24. The van der Waals surface area contributed by atoms with Gasteiger partial charge < -0.3 is 4.74 Å². The lowest BCUT2D eigenvalue weighted by Crippen LogP contribution is -2.32. The number of nitrogens with zero attached hydrogens (tertiary/aromatic N) is 2. The zero-order valence-corrected chi connectivity index (χ0v) is 18.7. The third kappa shape index (κ3) is 4.16. The maximum Gasteiger partial charge on any atom is 0.161 e. The molecule has 1 unspecified atom stereocenters. The molecule has 158 valence electrons. The molecule has 1 aliphatic carbocycles. The first-order chi connectivity index (χ1) is 14.9. The molecule has 0 amide bonds. The molecule has 0 N–H and O–H groups in total. The maximum atomic E-state index is 13.5. The van der Waals surface area contributed by atoms with E-state index in [2.05, 4.69) is 6.07 Å². The summed E-state index contributed by atoms with van der Waals surface area (Å²) >= 11 is 6.04. The van der Waals surface area contributed by atoms with Crippen molar-refractivity contribution >= 4 is 23.1 Å². The number of rotatable bonds is 4. The number of nitriles is 1. The molecule has 1 heterocycles. The second-order valence-electron chi connectivity index (χ2n) is 8.48. The van der Waals surface area contributed by atoms with Gasteiger partial charge >= 0.3 is 0 Å². The Morgan fingerprint density at radius 2 is 1.84 bits per heavy atom. The van der Waals surface area contributed by atoms with Gasteiger partial charge in [-0.2, -0.15) is 5.26 Å². The van der Waals surface area contributed by atoms with Crippen molar-refractivity contribution in [2.75, 3.05) is 0 Å². The summed E-state index contributed by atoms with van der Waals surface area (Å²) in [5.74, 6) is -0.0294. The molecule has 2 aromatic carbocycles. The van der Waals surface area contributed by atoms with Crippen LogP contribution in [0.15, 0.2) is 64.8 Å². The van der Waals surface area contributed by atoms with Crippen molar-refractivity contribution in [1.29, 1.82) is 5.26 Å². The van der Waals surface area contributed by atoms with Crippen molar-refractivity contribution in [3.63, 3.8) is 0 Å². The van der Waals surface area contributed by atoms with Crippen LogP contribution in [0.3, 0.4) is 0 Å². The fraction of sp³-hybridized carbons (Fsp3) is 0.346. The fourth-order valence-corrected chi connectivity index (χ4v) is 4.76. The Kier molecular flexibility index (Phi) is 5.98. The highest BCUT2D eigenvalue weighted by Gasteiger charge is 2.42. The van der Waals surface area contributed by atoms with E-state index in [1.165, 1.54) is 0 Å². The van der Waals surface area contributed by atoms with Gasteiger partial charge in [-0.1, -0.05) is 41.9 Å². The quantitative estimate of drug-likeness (QED) is 0.575. The highest BCUT2D eigenvalue weighted by Crippen LogP contribution is 2.48. The van der Waals surface area contributed by atoms with Crippen molar-refractivity contribution in [3.8, 4) is 11.8 Å². The lowest BCUT2D eigenvalue weighted by atomic mass is 9.69. The van der Waals surface area contributed by atoms with Crippen LogP contribution in [0.25, 0.3) is 0 Å². The maximum absolute atomic E-state index is 13.5. The van der Waals surface area contributed by atoms with Crippen molar-refractivity contribution < 1.29 is 9.53 Å². The van der Waals surface area contributed by atoms with Gasteiger partial charge in [0, 0.05) is 39.9 Å². The number of carbonyl (C=O) groups is 1. The summed E-state index contributed by atoms with van der Waals surface area (Å²) in [5, 5.41) is 10.7. The van der Waals surface area contributed by atoms with E-state index < -0.39 is 5.92 Å². The summed E-state index contributed by atoms with van der Waals surface area (Å²) < 4.78 is 6.05. The van der Waals surface area contributed by atoms with Crippen molar-refractivity contribution in [3.05, 3.63) is 76.0 Å². The molecule has 1 aliphatic heterocycles. The Morgan fingerprint density at radius 1 is 1.13 bits per heavy atom. The number of para-hydroxylation sites is 1. The van der Waals surface area contributed by atoms with Gasteiger partial charge in [-0.15, -0.1) is 0 Å². The molecule has 2 aliphatic rings. The first kappa shape index (κ1) is 21.3. The molecule has 0 spiro atoms. The molecule has 31 heavy (non-hydrogen) atoms. The molecule has 0 saturated heterocycles. The van der Waals surface area contributed by atoms with E-state index in [-0.39, 0.29) is 23.7 Å². The third-order valence-electron chi connectivity index (χ3n) is 5.99. The summed E-state index contributed by atoms with van der Waals surface area (Å²) in [6.07, 6.45) is 1.06. The van der Waals surface area contributed by atoms with Crippen LogP contribution in [0.2, 0.25) is 5.02 Å². The van der Waals surface area contributed by atoms with E-state index in [9.17, 15) is 10.1 Å². The Hall–Kier alpha value is -2.90. The Bertz CT molecular complexity index is 1110. The van der Waals surface area contributed by atoms with Crippen LogP contribution in [-0.2, 0) is 4.79 Å². The van der Waals surface area contributed by atoms with E-state index in [0.717, 1.165) is 28.3 Å². The number of hydrogen-bond donors (Lipinski definition) is 0. The first-order valence-corrected chi connectivity index (χ1v) is 11.0. The predicted octanol–water partition coefficient (Wildman–Crippen LogP) is 6.23. The highest BCUT2D eigenvalue weighted by molar-refractivity contribution is 6.30. The second kappa shape index (κ2) is 8.69. The normalized spacial score (nSPS) is 23.3. The van der Waals surface area contributed by atoms with Crippen LogP contribution in [0.5, 0.6) is 5.75 Å². The number of hydrogen-bond acceptors (Lipinski definition) is 4. The van der Waals surface area contributed by atoms with Crippen molar-refractivity contribution in [2.24, 2.45) is 10.9 Å². The molecule has 2 aromatic rings. The smallest absolute Gasteiger partial charge is 0.161 e. The number of carbonyl (C=O) groups excluding carboxylic acids is 1. The van der Waals surface area contributed by atoms with Gasteiger partial charge in [-0.25, -0.2) is 0 Å². The molecule has 0 radical (unpaired) electrons. The largest absolute Gasteiger partial charge is 0.491 e.